The fourth-order valence-corrected chi connectivity index (χ4v) is 2.41. The Morgan fingerprint density at radius 3 is 2.75 bits per heavy atom. The van der Waals surface area contributed by atoms with Crippen molar-refractivity contribution in [2.75, 3.05) is 5.32 Å². The summed E-state index contributed by atoms with van der Waals surface area (Å²) < 4.78 is 1.69. The normalized spacial score (nSPS) is 10.4. The van der Waals surface area contributed by atoms with Crippen molar-refractivity contribution in [3.63, 3.8) is 0 Å². The summed E-state index contributed by atoms with van der Waals surface area (Å²) in [7, 11) is 0. The predicted octanol–water partition coefficient (Wildman–Crippen LogP) is 1.90. The Hall–Kier alpha value is -2.54. The second-order valence-electron chi connectivity index (χ2n) is 4.08. The average molecular weight is 285 g/mol. The van der Waals surface area contributed by atoms with Gasteiger partial charge in [0.2, 0.25) is 5.91 Å². The largest absolute Gasteiger partial charge is 0.324 e. The van der Waals surface area contributed by atoms with E-state index in [0.29, 0.717) is 17.9 Å². The van der Waals surface area contributed by atoms with Crippen molar-refractivity contribution in [2.24, 2.45) is 0 Å². The molecule has 0 atom stereocenters. The van der Waals surface area contributed by atoms with Crippen LogP contribution >= 0.6 is 11.3 Å². The zero-order chi connectivity index (χ0) is 13.8. The zero-order valence-corrected chi connectivity index (χ0v) is 11.2. The summed E-state index contributed by atoms with van der Waals surface area (Å²) in [5, 5.41) is 12.2. The fourth-order valence-electron chi connectivity index (χ4n) is 1.71. The Bertz CT molecular complexity index is 676. The van der Waals surface area contributed by atoms with Crippen molar-refractivity contribution in [3.05, 3.63) is 53.4 Å². The molecule has 0 fully saturated rings. The quantitative estimate of drug-likeness (QED) is 0.794. The van der Waals surface area contributed by atoms with Crippen molar-refractivity contribution in [2.45, 2.75) is 6.42 Å². The lowest BCUT2D eigenvalue weighted by Crippen LogP contribution is -2.14. The smallest absolute Gasteiger partial charge is 0.229 e. The highest BCUT2D eigenvalue weighted by Gasteiger charge is 2.05. The molecule has 1 amide bonds. The van der Waals surface area contributed by atoms with E-state index in [2.05, 4.69) is 20.5 Å². The molecule has 0 aromatic carbocycles. The molecule has 1 N–H and O–H groups in total. The predicted molar refractivity (Wildman–Crippen MR) is 75.8 cm³/mol. The van der Waals surface area contributed by atoms with Gasteiger partial charge in [-0.15, -0.1) is 21.5 Å². The van der Waals surface area contributed by atoms with Gasteiger partial charge in [0.15, 0.2) is 0 Å². The Morgan fingerprint density at radius 1 is 1.25 bits per heavy atom. The molecule has 0 spiro atoms. The summed E-state index contributed by atoms with van der Waals surface area (Å²) in [5.74, 6) is 0.651. The molecule has 3 heterocycles. The van der Waals surface area contributed by atoms with E-state index in [1.165, 1.54) is 0 Å². The highest BCUT2D eigenvalue weighted by molar-refractivity contribution is 7.10. The molecule has 3 rings (SSSR count). The number of hydrogen-bond acceptors (Lipinski definition) is 5. The second-order valence-corrected chi connectivity index (χ2v) is 5.11. The van der Waals surface area contributed by atoms with Gasteiger partial charge in [0.25, 0.3) is 0 Å². The Balaban J connectivity index is 1.65. The van der Waals surface area contributed by atoms with Crippen LogP contribution in [0.2, 0.25) is 0 Å². The van der Waals surface area contributed by atoms with E-state index in [1.54, 1.807) is 46.9 Å². The zero-order valence-electron chi connectivity index (χ0n) is 10.4. The molecule has 0 saturated carbocycles. The molecule has 0 bridgehead atoms. The number of rotatable bonds is 4. The van der Waals surface area contributed by atoms with E-state index in [1.807, 2.05) is 17.5 Å². The first-order valence-corrected chi connectivity index (χ1v) is 6.82. The number of nitrogens with one attached hydrogen (secondary N) is 1. The van der Waals surface area contributed by atoms with Gasteiger partial charge in [-0.25, -0.2) is 4.98 Å². The molecule has 7 heteroatoms. The second kappa shape index (κ2) is 5.62. The third kappa shape index (κ3) is 2.89. The van der Waals surface area contributed by atoms with E-state index in [-0.39, 0.29) is 5.91 Å². The molecule has 0 aliphatic rings. The third-order valence-corrected chi connectivity index (χ3v) is 3.51. The summed E-state index contributed by atoms with van der Waals surface area (Å²) in [6.07, 6.45) is 5.13. The SMILES string of the molecule is O=C(Cc1cccs1)Nc1ccc(-n2cnnc2)nc1. The molecule has 0 unspecified atom stereocenters. The number of nitrogens with zero attached hydrogens (tertiary/aromatic N) is 4. The van der Waals surface area contributed by atoms with Crippen LogP contribution in [0.3, 0.4) is 0 Å². The first-order valence-electron chi connectivity index (χ1n) is 5.94. The van der Waals surface area contributed by atoms with Crippen molar-refractivity contribution >= 4 is 22.9 Å². The molecule has 0 aliphatic carbocycles. The van der Waals surface area contributed by atoms with E-state index >= 15 is 0 Å². The van der Waals surface area contributed by atoms with Crippen LogP contribution in [-0.2, 0) is 11.2 Å². The average Bonchev–Trinajstić information content (AvgIpc) is 3.12. The topological polar surface area (TPSA) is 72.7 Å². The van der Waals surface area contributed by atoms with Crippen LogP contribution in [0.1, 0.15) is 4.88 Å². The molecule has 0 aliphatic heterocycles. The number of thiophene rings is 1. The summed E-state index contributed by atoms with van der Waals surface area (Å²) in [4.78, 5) is 17.1. The number of hydrogen-bond donors (Lipinski definition) is 1. The van der Waals surface area contributed by atoms with Crippen LogP contribution in [-0.4, -0.2) is 25.7 Å². The van der Waals surface area contributed by atoms with Gasteiger partial charge in [-0.1, -0.05) is 6.07 Å². The van der Waals surface area contributed by atoms with E-state index in [4.69, 9.17) is 0 Å². The Morgan fingerprint density at radius 2 is 2.10 bits per heavy atom. The van der Waals surface area contributed by atoms with Crippen molar-refractivity contribution in [1.82, 2.24) is 19.7 Å². The highest BCUT2D eigenvalue weighted by atomic mass is 32.1. The highest BCUT2D eigenvalue weighted by Crippen LogP contribution is 2.12. The maximum absolute atomic E-state index is 11.8. The van der Waals surface area contributed by atoms with Gasteiger partial charge < -0.3 is 5.32 Å². The maximum atomic E-state index is 11.8. The van der Waals surface area contributed by atoms with Gasteiger partial charge in [-0.05, 0) is 23.6 Å². The summed E-state index contributed by atoms with van der Waals surface area (Å²) in [6, 6.07) is 7.47. The van der Waals surface area contributed by atoms with Crippen LogP contribution < -0.4 is 5.32 Å². The number of carbonyl (C=O) groups is 1. The molecule has 3 aromatic heterocycles. The molecule has 0 saturated heterocycles. The summed E-state index contributed by atoms with van der Waals surface area (Å²) >= 11 is 1.57. The van der Waals surface area contributed by atoms with Crippen LogP contribution in [0.5, 0.6) is 0 Å². The van der Waals surface area contributed by atoms with Gasteiger partial charge in [0.05, 0.1) is 18.3 Å². The molecule has 3 aromatic rings. The minimum absolute atomic E-state index is 0.0497. The lowest BCUT2D eigenvalue weighted by Gasteiger charge is -2.05. The lowest BCUT2D eigenvalue weighted by molar-refractivity contribution is -0.115. The molecule has 100 valence electrons. The van der Waals surface area contributed by atoms with E-state index in [0.717, 1.165) is 4.88 Å². The first-order chi connectivity index (χ1) is 9.81. The molecule has 20 heavy (non-hydrogen) atoms. The first kappa shape index (κ1) is 12.5. The Labute approximate surface area is 119 Å². The van der Waals surface area contributed by atoms with Crippen LogP contribution in [0.25, 0.3) is 5.82 Å². The van der Waals surface area contributed by atoms with E-state index < -0.39 is 0 Å². The summed E-state index contributed by atoms with van der Waals surface area (Å²) in [6.45, 7) is 0. The van der Waals surface area contributed by atoms with Gasteiger partial charge in [-0.2, -0.15) is 0 Å². The van der Waals surface area contributed by atoms with Crippen molar-refractivity contribution in [3.8, 4) is 5.82 Å². The van der Waals surface area contributed by atoms with Crippen LogP contribution in [0, 0.1) is 0 Å². The third-order valence-electron chi connectivity index (χ3n) is 2.63. The number of aromatic nitrogens is 4. The standard InChI is InChI=1S/C13H11N5OS/c19-13(6-11-2-1-5-20-11)17-10-3-4-12(14-7-10)18-8-15-16-9-18/h1-5,7-9H,6H2,(H,17,19). The molecular formula is C13H11N5OS. The molecule has 6 nitrogen and oxygen atoms in total. The van der Waals surface area contributed by atoms with Crippen LogP contribution in [0.15, 0.2) is 48.5 Å². The fraction of sp³-hybridized carbons (Fsp3) is 0.0769. The number of pyridine rings is 1. The molecular weight excluding hydrogens is 274 g/mol. The van der Waals surface area contributed by atoms with Crippen molar-refractivity contribution in [1.29, 1.82) is 0 Å². The van der Waals surface area contributed by atoms with E-state index in [9.17, 15) is 4.79 Å². The van der Waals surface area contributed by atoms with Gasteiger partial charge >= 0.3 is 0 Å². The minimum Gasteiger partial charge on any atom is -0.324 e. The van der Waals surface area contributed by atoms with Crippen LogP contribution in [0.4, 0.5) is 5.69 Å². The minimum atomic E-state index is -0.0497. The summed E-state index contributed by atoms with van der Waals surface area (Å²) in [5.41, 5.74) is 0.670. The molecule has 0 radical (unpaired) electrons. The van der Waals surface area contributed by atoms with Gasteiger partial charge in [0, 0.05) is 4.88 Å². The number of anilines is 1. The number of amides is 1. The maximum Gasteiger partial charge on any atom is 0.229 e. The lowest BCUT2D eigenvalue weighted by atomic mass is 10.3. The Kier molecular flexibility index (Phi) is 3.51. The monoisotopic (exact) mass is 285 g/mol. The van der Waals surface area contributed by atoms with Crippen molar-refractivity contribution < 1.29 is 4.79 Å². The van der Waals surface area contributed by atoms with Gasteiger partial charge in [0.1, 0.15) is 18.5 Å². The number of carbonyl (C=O) groups excluding carboxylic acids is 1. The van der Waals surface area contributed by atoms with Gasteiger partial charge in [-0.3, -0.25) is 9.36 Å².